The zero-order valence-electron chi connectivity index (χ0n) is 24.2. The third-order valence-electron chi connectivity index (χ3n) is 6.19. The van der Waals surface area contributed by atoms with Crippen LogP contribution in [0.5, 0.6) is 11.5 Å². The van der Waals surface area contributed by atoms with E-state index in [1.165, 1.54) is 12.4 Å². The van der Waals surface area contributed by atoms with Crippen LogP contribution in [0.4, 0.5) is 11.4 Å². The van der Waals surface area contributed by atoms with Crippen LogP contribution in [0.2, 0.25) is 0 Å². The summed E-state index contributed by atoms with van der Waals surface area (Å²) in [7, 11) is 0. The monoisotopic (exact) mass is 734 g/mol. The summed E-state index contributed by atoms with van der Waals surface area (Å²) < 4.78 is -3.66. The fraction of sp³-hybridized carbons (Fsp3) is 0.323. The van der Waals surface area contributed by atoms with Crippen molar-refractivity contribution in [2.24, 2.45) is 9.98 Å². The van der Waals surface area contributed by atoms with Gasteiger partial charge < -0.3 is 17.6 Å². The van der Waals surface area contributed by atoms with Crippen molar-refractivity contribution in [2.45, 2.75) is 60.0 Å². The van der Waals surface area contributed by atoms with Crippen molar-refractivity contribution in [3.63, 3.8) is 0 Å². The Hall–Kier alpha value is -1.15. The number of aromatic hydroxyl groups is 2. The van der Waals surface area contributed by atoms with E-state index in [4.69, 9.17) is 69.6 Å². The van der Waals surface area contributed by atoms with Gasteiger partial charge >= 0.3 is 0 Å². The second kappa shape index (κ2) is 14.3. The predicted molar refractivity (Wildman–Crippen MR) is 179 cm³/mol. The molecule has 1 radical (unpaired) electrons. The van der Waals surface area contributed by atoms with Gasteiger partial charge in [-0.15, -0.1) is 0 Å². The summed E-state index contributed by atoms with van der Waals surface area (Å²) in [6.45, 7) is 12.1. The molecule has 231 valence electrons. The van der Waals surface area contributed by atoms with Crippen molar-refractivity contribution < 1.29 is 27.0 Å². The van der Waals surface area contributed by atoms with E-state index in [0.717, 1.165) is 11.1 Å². The molecule has 0 fully saturated rings. The fourth-order valence-electron chi connectivity index (χ4n) is 3.77. The van der Waals surface area contributed by atoms with Crippen LogP contribution in [0.15, 0.2) is 58.5 Å². The van der Waals surface area contributed by atoms with E-state index in [2.05, 4.69) is 9.98 Å². The number of phenols is 2. The first-order valence-corrected chi connectivity index (χ1v) is 14.5. The summed E-state index contributed by atoms with van der Waals surface area (Å²) in [5, 5.41) is 21.8. The summed E-state index contributed by atoms with van der Waals surface area (Å²) in [6.07, 6.45) is 2.99. The molecule has 3 aromatic rings. The van der Waals surface area contributed by atoms with Crippen molar-refractivity contribution in [3.8, 4) is 11.5 Å². The molecule has 4 nitrogen and oxygen atoms in total. The number of rotatable bonds is 4. The first-order valence-electron chi connectivity index (χ1n) is 12.3. The molecule has 0 heterocycles. The smallest absolute Gasteiger partial charge is 0.219 e. The van der Waals surface area contributed by atoms with Gasteiger partial charge in [0, 0.05) is 51.5 Å². The number of hydrogen-bond donors (Lipinski definition) is 2. The molecular formula is C31H33Cl6CoN2O2-. The molecule has 0 atom stereocenters. The van der Waals surface area contributed by atoms with Crippen molar-refractivity contribution in [1.29, 1.82) is 0 Å². The van der Waals surface area contributed by atoms with Gasteiger partial charge in [-0.05, 0) is 58.4 Å². The largest absolute Gasteiger partial charge is 0.507 e. The zero-order chi connectivity index (χ0) is 30.3. The Morgan fingerprint density at radius 3 is 1.17 bits per heavy atom. The minimum absolute atomic E-state index is 0. The van der Waals surface area contributed by atoms with Crippen LogP contribution in [0.1, 0.15) is 74.9 Å². The molecule has 0 amide bonds. The minimum atomic E-state index is -1.83. The molecule has 0 aliphatic carbocycles. The van der Waals surface area contributed by atoms with Gasteiger partial charge in [-0.2, -0.15) is 0 Å². The van der Waals surface area contributed by atoms with Crippen LogP contribution in [-0.4, -0.2) is 22.6 Å². The summed E-state index contributed by atoms with van der Waals surface area (Å²) in [6, 6.07) is 14.1. The number of benzene rings is 3. The number of aliphatic imine (C=N–C) groups is 2. The Bertz CT molecular complexity index is 1350. The van der Waals surface area contributed by atoms with Gasteiger partial charge in [0.1, 0.15) is 11.5 Å². The second-order valence-electron chi connectivity index (χ2n) is 11.4. The van der Waals surface area contributed by atoms with Gasteiger partial charge in [0.2, 0.25) is 7.59 Å². The van der Waals surface area contributed by atoms with Gasteiger partial charge in [-0.3, -0.25) is 9.98 Å². The SMILES string of the molecule is CC(C)(C)c1cc(C=Nc2ccccc2N=Cc2cc(C(C)(C)C)cc(C(Cl)(Cl)Cl)c2O)c(O)c(C(Cl)(Cl)Cl)c1.[CH3-].[Co]. The van der Waals surface area contributed by atoms with Crippen LogP contribution in [0, 0.1) is 7.43 Å². The zero-order valence-corrected chi connectivity index (χ0v) is 29.7. The van der Waals surface area contributed by atoms with Gasteiger partial charge in [0.15, 0.2) is 0 Å². The molecule has 11 heteroatoms. The van der Waals surface area contributed by atoms with E-state index >= 15 is 0 Å². The van der Waals surface area contributed by atoms with Gasteiger partial charge in [-0.1, -0.05) is 123 Å². The number of para-hydroxylation sites is 2. The van der Waals surface area contributed by atoms with E-state index in [9.17, 15) is 10.2 Å². The van der Waals surface area contributed by atoms with Crippen LogP contribution < -0.4 is 0 Å². The third kappa shape index (κ3) is 9.67. The molecular weight excluding hydrogens is 704 g/mol. The Morgan fingerprint density at radius 2 is 0.905 bits per heavy atom. The molecule has 0 aliphatic rings. The molecule has 0 aliphatic heterocycles. The molecule has 0 bridgehead atoms. The number of alkyl halides is 6. The minimum Gasteiger partial charge on any atom is -0.507 e. The van der Waals surface area contributed by atoms with E-state index in [1.54, 1.807) is 36.4 Å². The molecule has 0 saturated heterocycles. The van der Waals surface area contributed by atoms with Crippen molar-refractivity contribution in [3.05, 3.63) is 89.3 Å². The number of halogens is 6. The Labute approximate surface area is 289 Å². The van der Waals surface area contributed by atoms with E-state index in [1.807, 2.05) is 53.7 Å². The first-order chi connectivity index (χ1) is 18.2. The standard InChI is InChI=1S/C30H30Cl6N2O2.CH3.Co/c1-27(2,3)19-11-17(25(39)21(13-19)29(31,32)33)15-37-23-9-7-8-10-24(23)38-16-18-12-20(28(4,5)6)14-22(26(18)40)30(34,35)36;;/h7-16,39-40H,1-6H3;1H3;/q;-1;. The van der Waals surface area contributed by atoms with Crippen molar-refractivity contribution in [1.82, 2.24) is 0 Å². The maximum atomic E-state index is 10.9. The number of phenolic OH excluding ortho intramolecular Hbond substituents is 2. The van der Waals surface area contributed by atoms with Gasteiger partial charge in [-0.25, -0.2) is 0 Å². The van der Waals surface area contributed by atoms with Gasteiger partial charge in [0.25, 0.3) is 0 Å². The molecule has 3 aromatic carbocycles. The maximum absolute atomic E-state index is 10.9. The van der Waals surface area contributed by atoms with Crippen LogP contribution in [-0.2, 0) is 35.2 Å². The molecule has 0 saturated carbocycles. The normalized spacial score (nSPS) is 12.9. The molecule has 0 aromatic heterocycles. The molecule has 0 unspecified atom stereocenters. The third-order valence-corrected chi connectivity index (χ3v) is 7.41. The summed E-state index contributed by atoms with van der Waals surface area (Å²) in [5.74, 6) is -0.359. The van der Waals surface area contributed by atoms with Crippen LogP contribution in [0.3, 0.4) is 0 Å². The quantitative estimate of drug-likeness (QED) is 0.159. The average molecular weight is 737 g/mol. The van der Waals surface area contributed by atoms with Crippen LogP contribution >= 0.6 is 69.6 Å². The number of nitrogens with zero attached hydrogens (tertiary/aromatic N) is 2. The Kier molecular flexibility index (Phi) is 13.2. The summed E-state index contributed by atoms with van der Waals surface area (Å²) in [4.78, 5) is 9.16. The summed E-state index contributed by atoms with van der Waals surface area (Å²) >= 11 is 36.9. The molecule has 3 rings (SSSR count). The Balaban J connectivity index is 0.00000441. The van der Waals surface area contributed by atoms with E-state index in [-0.39, 0.29) is 57.7 Å². The average Bonchev–Trinajstić information content (AvgIpc) is 2.80. The fourth-order valence-corrected chi connectivity index (χ4v) is 4.63. The van der Waals surface area contributed by atoms with E-state index in [0.29, 0.717) is 22.5 Å². The second-order valence-corrected chi connectivity index (χ2v) is 16.0. The summed E-state index contributed by atoms with van der Waals surface area (Å²) in [5.41, 5.74) is 3.26. The molecule has 42 heavy (non-hydrogen) atoms. The topological polar surface area (TPSA) is 65.2 Å². The van der Waals surface area contributed by atoms with Crippen molar-refractivity contribution in [2.75, 3.05) is 0 Å². The predicted octanol–water partition coefficient (Wildman–Crippen LogP) is 11.3. The van der Waals surface area contributed by atoms with Crippen LogP contribution in [0.25, 0.3) is 0 Å². The van der Waals surface area contributed by atoms with E-state index < -0.39 is 7.59 Å². The number of hydrogen-bond acceptors (Lipinski definition) is 4. The molecule has 0 spiro atoms. The van der Waals surface area contributed by atoms with Crippen molar-refractivity contribution >= 4 is 93.4 Å². The molecule has 2 N–H and O–H groups in total. The first kappa shape index (κ1) is 38.9. The van der Waals surface area contributed by atoms with Gasteiger partial charge in [0.05, 0.1) is 11.4 Å². The maximum Gasteiger partial charge on any atom is 0.219 e. The Morgan fingerprint density at radius 1 is 0.595 bits per heavy atom.